The maximum absolute atomic E-state index is 5.50. The van der Waals surface area contributed by atoms with Crippen LogP contribution >= 0.6 is 0 Å². The summed E-state index contributed by atoms with van der Waals surface area (Å²) >= 11 is 0. The highest BCUT2D eigenvalue weighted by atomic mass is 14.5. The average molecular weight is 290 g/mol. The topological polar surface area (TPSA) is 26.0 Å². The van der Waals surface area contributed by atoms with Crippen LogP contribution in [0.5, 0.6) is 0 Å². The van der Waals surface area contributed by atoms with E-state index in [4.69, 9.17) is 5.73 Å². The van der Waals surface area contributed by atoms with Crippen LogP contribution in [-0.2, 0) is 0 Å². The largest absolute Gasteiger partial charge is 0.327 e. The van der Waals surface area contributed by atoms with Crippen LogP contribution in [0, 0.1) is 0 Å². The molecular formula is C20H35N. The maximum Gasteiger partial charge on any atom is 0.0109 e. The van der Waals surface area contributed by atoms with E-state index in [0.717, 1.165) is 12.8 Å². The van der Waals surface area contributed by atoms with Gasteiger partial charge >= 0.3 is 0 Å². The number of nitrogens with two attached hydrogens (primary N) is 1. The molecule has 2 N–H and O–H groups in total. The molecule has 0 saturated heterocycles. The Labute approximate surface area is 132 Å². The highest BCUT2D eigenvalue weighted by Crippen LogP contribution is 2.13. The van der Waals surface area contributed by atoms with Gasteiger partial charge in [0, 0.05) is 6.54 Å². The van der Waals surface area contributed by atoms with Gasteiger partial charge in [-0.25, -0.2) is 0 Å². The van der Waals surface area contributed by atoms with E-state index >= 15 is 0 Å². The van der Waals surface area contributed by atoms with Gasteiger partial charge < -0.3 is 5.73 Å². The lowest BCUT2D eigenvalue weighted by molar-refractivity contribution is 0.898. The van der Waals surface area contributed by atoms with Gasteiger partial charge in [0.1, 0.15) is 0 Å². The van der Waals surface area contributed by atoms with E-state index in [0.29, 0.717) is 6.54 Å². The molecule has 1 heteroatoms. The number of hydrogen-bond acceptors (Lipinski definition) is 1. The van der Waals surface area contributed by atoms with Crippen molar-refractivity contribution < 1.29 is 0 Å². The van der Waals surface area contributed by atoms with Gasteiger partial charge in [0.15, 0.2) is 0 Å². The van der Waals surface area contributed by atoms with Crippen LogP contribution in [0.1, 0.15) is 73.1 Å². The fraction of sp³-hybridized carbons (Fsp3) is 0.600. The number of allylic oxidation sites excluding steroid dienone is 7. The second-order valence-electron chi connectivity index (χ2n) is 6.28. The minimum absolute atomic E-state index is 0.658. The summed E-state index contributed by atoms with van der Waals surface area (Å²) in [7, 11) is 0. The highest BCUT2D eigenvalue weighted by molar-refractivity contribution is 5.07. The third-order valence-corrected chi connectivity index (χ3v) is 3.62. The Hall–Kier alpha value is -1.08. The molecule has 0 radical (unpaired) electrons. The predicted molar refractivity (Wildman–Crippen MR) is 97.5 cm³/mol. The van der Waals surface area contributed by atoms with Crippen molar-refractivity contribution in [1.82, 2.24) is 0 Å². The zero-order valence-electron chi connectivity index (χ0n) is 14.8. The molecule has 0 saturated carbocycles. The van der Waals surface area contributed by atoms with E-state index in [1.165, 1.54) is 48.0 Å². The minimum Gasteiger partial charge on any atom is -0.327 e. The summed E-state index contributed by atoms with van der Waals surface area (Å²) in [6.07, 6.45) is 16.2. The first kappa shape index (κ1) is 19.9. The van der Waals surface area contributed by atoms with Gasteiger partial charge in [-0.15, -0.1) is 0 Å². The molecule has 0 spiro atoms. The van der Waals surface area contributed by atoms with Gasteiger partial charge in [-0.2, -0.15) is 0 Å². The third kappa shape index (κ3) is 13.7. The minimum atomic E-state index is 0.658. The van der Waals surface area contributed by atoms with E-state index in [2.05, 4.69) is 58.9 Å². The van der Waals surface area contributed by atoms with Gasteiger partial charge in [0.25, 0.3) is 0 Å². The zero-order chi connectivity index (χ0) is 16.1. The van der Waals surface area contributed by atoms with Crippen molar-refractivity contribution in [1.29, 1.82) is 0 Å². The molecule has 0 aromatic heterocycles. The summed E-state index contributed by atoms with van der Waals surface area (Å²) in [5.41, 5.74) is 11.3. The van der Waals surface area contributed by atoms with E-state index in [9.17, 15) is 0 Å². The van der Waals surface area contributed by atoms with Crippen molar-refractivity contribution >= 4 is 0 Å². The highest BCUT2D eigenvalue weighted by Gasteiger charge is 1.93. The molecule has 0 heterocycles. The van der Waals surface area contributed by atoms with Crippen molar-refractivity contribution in [3.05, 3.63) is 46.6 Å². The van der Waals surface area contributed by atoms with Crippen LogP contribution in [0.25, 0.3) is 0 Å². The molecule has 0 unspecified atom stereocenters. The molecule has 0 bridgehead atoms. The van der Waals surface area contributed by atoms with Crippen molar-refractivity contribution in [2.45, 2.75) is 73.1 Å². The summed E-state index contributed by atoms with van der Waals surface area (Å²) in [4.78, 5) is 0. The van der Waals surface area contributed by atoms with Crippen LogP contribution in [-0.4, -0.2) is 6.54 Å². The van der Waals surface area contributed by atoms with Gasteiger partial charge in [-0.3, -0.25) is 0 Å². The summed E-state index contributed by atoms with van der Waals surface area (Å²) in [6, 6.07) is 0. The Morgan fingerprint density at radius 1 is 0.619 bits per heavy atom. The molecule has 120 valence electrons. The lowest BCUT2D eigenvalue weighted by Gasteiger charge is -2.02. The van der Waals surface area contributed by atoms with E-state index < -0.39 is 0 Å². The number of hydrogen-bond donors (Lipinski definition) is 1. The maximum atomic E-state index is 5.50. The van der Waals surface area contributed by atoms with E-state index in [1.54, 1.807) is 0 Å². The van der Waals surface area contributed by atoms with Gasteiger partial charge in [-0.1, -0.05) is 46.6 Å². The monoisotopic (exact) mass is 289 g/mol. The second kappa shape index (κ2) is 12.6. The van der Waals surface area contributed by atoms with Gasteiger partial charge in [0.05, 0.1) is 0 Å². The zero-order valence-corrected chi connectivity index (χ0v) is 14.8. The fourth-order valence-corrected chi connectivity index (χ4v) is 2.19. The summed E-state index contributed by atoms with van der Waals surface area (Å²) in [5, 5.41) is 0. The Balaban J connectivity index is 3.93. The molecule has 0 aromatic rings. The first-order chi connectivity index (χ1) is 9.95. The summed E-state index contributed by atoms with van der Waals surface area (Å²) < 4.78 is 0. The lowest BCUT2D eigenvalue weighted by atomic mass is 10.0. The van der Waals surface area contributed by atoms with E-state index in [-0.39, 0.29) is 0 Å². The molecule has 0 rings (SSSR count). The summed E-state index contributed by atoms with van der Waals surface area (Å²) in [6.45, 7) is 11.6. The fourth-order valence-electron chi connectivity index (χ4n) is 2.19. The average Bonchev–Trinajstić information content (AvgIpc) is 2.38. The first-order valence-electron chi connectivity index (χ1n) is 8.26. The molecule has 0 aliphatic carbocycles. The van der Waals surface area contributed by atoms with Crippen LogP contribution < -0.4 is 5.73 Å². The smallest absolute Gasteiger partial charge is 0.0109 e. The number of rotatable bonds is 10. The van der Waals surface area contributed by atoms with Gasteiger partial charge in [-0.05, 0) is 73.1 Å². The van der Waals surface area contributed by atoms with Crippen LogP contribution in [0.4, 0.5) is 0 Å². The van der Waals surface area contributed by atoms with Crippen LogP contribution in [0.15, 0.2) is 46.6 Å². The van der Waals surface area contributed by atoms with E-state index in [1.807, 2.05) is 0 Å². The van der Waals surface area contributed by atoms with Gasteiger partial charge in [0.2, 0.25) is 0 Å². The molecule has 21 heavy (non-hydrogen) atoms. The second-order valence-corrected chi connectivity index (χ2v) is 6.28. The molecular weight excluding hydrogens is 254 g/mol. The molecule has 0 aliphatic rings. The van der Waals surface area contributed by atoms with Crippen LogP contribution in [0.3, 0.4) is 0 Å². The standard InChI is InChI=1S/C20H35N/c1-17(2)9-6-10-18(3)11-7-12-19(4)13-8-14-20(5)15-16-21/h9,11,13,15H,6-8,10,12,14,16,21H2,1-5H3. The normalized spacial score (nSPS) is 13.5. The van der Waals surface area contributed by atoms with Crippen molar-refractivity contribution in [2.24, 2.45) is 5.73 Å². The molecule has 0 fully saturated rings. The SMILES string of the molecule is CC(C)=CCCC(C)=CCCC(C)=CCCC(C)=CCN. The Morgan fingerprint density at radius 3 is 1.38 bits per heavy atom. The molecule has 0 aromatic carbocycles. The van der Waals surface area contributed by atoms with Crippen molar-refractivity contribution in [2.75, 3.05) is 6.54 Å². The quantitative estimate of drug-likeness (QED) is 0.484. The molecule has 0 atom stereocenters. The Bertz CT molecular complexity index is 390. The molecule has 0 amide bonds. The Kier molecular flexibility index (Phi) is 12.0. The molecule has 1 nitrogen and oxygen atoms in total. The molecule has 0 aliphatic heterocycles. The lowest BCUT2D eigenvalue weighted by Crippen LogP contribution is -1.94. The van der Waals surface area contributed by atoms with Crippen molar-refractivity contribution in [3.63, 3.8) is 0 Å². The van der Waals surface area contributed by atoms with Crippen molar-refractivity contribution in [3.8, 4) is 0 Å². The Morgan fingerprint density at radius 2 is 1.00 bits per heavy atom. The van der Waals surface area contributed by atoms with Crippen LogP contribution in [0.2, 0.25) is 0 Å². The summed E-state index contributed by atoms with van der Waals surface area (Å²) in [5.74, 6) is 0. The first-order valence-corrected chi connectivity index (χ1v) is 8.26. The third-order valence-electron chi connectivity index (χ3n) is 3.62. The predicted octanol–water partition coefficient (Wildman–Crippen LogP) is 6.09.